The first-order valence-electron chi connectivity index (χ1n) is 7.42. The van der Waals surface area contributed by atoms with Crippen molar-refractivity contribution in [3.8, 4) is 12.1 Å². The van der Waals surface area contributed by atoms with Gasteiger partial charge in [0.05, 0.1) is 0 Å². The zero-order valence-electron chi connectivity index (χ0n) is 14.5. The first-order chi connectivity index (χ1) is 11.4. The summed E-state index contributed by atoms with van der Waals surface area (Å²) in [6.45, 7) is 7.73. The van der Waals surface area contributed by atoms with Crippen molar-refractivity contribution in [1.29, 1.82) is 10.5 Å². The molecule has 1 rings (SSSR count). The Bertz CT molecular complexity index is 757. The Labute approximate surface area is 143 Å². The van der Waals surface area contributed by atoms with Crippen LogP contribution in [0.15, 0.2) is 83.0 Å². The maximum atomic E-state index is 8.98. The highest BCUT2D eigenvalue weighted by molar-refractivity contribution is 5.53. The molecule has 0 aromatic heterocycles. The van der Waals surface area contributed by atoms with E-state index in [9.17, 15) is 0 Å². The van der Waals surface area contributed by atoms with Crippen LogP contribution in [0.5, 0.6) is 0 Å². The fraction of sp³-hybridized carbons (Fsp3) is 0.200. The summed E-state index contributed by atoms with van der Waals surface area (Å²) in [5, 5.41) is 18.0. The summed E-state index contributed by atoms with van der Waals surface area (Å²) in [5.74, 6) is 1.18. The van der Waals surface area contributed by atoms with Crippen molar-refractivity contribution >= 4 is 0 Å². The Balaban J connectivity index is 2.93. The summed E-state index contributed by atoms with van der Waals surface area (Å²) in [6.07, 6.45) is 12.8. The van der Waals surface area contributed by atoms with Crippen molar-refractivity contribution in [2.45, 2.75) is 13.8 Å². The lowest BCUT2D eigenvalue weighted by Crippen LogP contribution is -2.08. The summed E-state index contributed by atoms with van der Waals surface area (Å²) < 4.78 is 5.59. The molecule has 1 aliphatic rings. The summed E-state index contributed by atoms with van der Waals surface area (Å²) in [6, 6.07) is 3.77. The number of hydrogen-bond acceptors (Lipinski definition) is 4. The molecule has 1 aliphatic heterocycles. The normalized spacial score (nSPS) is 14.6. The standard InChI is InChI=1S/C20H21N3O/c1-6-19(23(4)5)9-7-15(2)8-10-20-12-17(11-16(3)24-20)18(13-21)14-22/h6-12H,2H2,1,3-5H3/b9-7-,10-8+,19-6+. The van der Waals surface area contributed by atoms with Crippen molar-refractivity contribution in [1.82, 2.24) is 4.90 Å². The van der Waals surface area contributed by atoms with E-state index in [0.717, 1.165) is 11.3 Å². The number of ether oxygens (including phenoxy) is 1. The maximum absolute atomic E-state index is 8.98. The van der Waals surface area contributed by atoms with Gasteiger partial charge in [-0.3, -0.25) is 0 Å². The second kappa shape index (κ2) is 9.02. The van der Waals surface area contributed by atoms with Crippen molar-refractivity contribution in [2.75, 3.05) is 14.1 Å². The summed E-state index contributed by atoms with van der Waals surface area (Å²) in [5.41, 5.74) is 2.49. The minimum absolute atomic E-state index is 0.0611. The van der Waals surface area contributed by atoms with Crippen LogP contribution in [0.25, 0.3) is 0 Å². The predicted molar refractivity (Wildman–Crippen MR) is 96.0 cm³/mol. The van der Waals surface area contributed by atoms with Crippen LogP contribution in [0.2, 0.25) is 0 Å². The molecule has 24 heavy (non-hydrogen) atoms. The van der Waals surface area contributed by atoms with E-state index < -0.39 is 0 Å². The number of allylic oxidation sites excluding steroid dienone is 11. The van der Waals surface area contributed by atoms with Crippen LogP contribution in [-0.4, -0.2) is 19.0 Å². The van der Waals surface area contributed by atoms with E-state index in [2.05, 4.69) is 6.58 Å². The van der Waals surface area contributed by atoms with Crippen LogP contribution in [0, 0.1) is 22.7 Å². The van der Waals surface area contributed by atoms with E-state index in [0.29, 0.717) is 17.1 Å². The van der Waals surface area contributed by atoms with E-state index >= 15 is 0 Å². The summed E-state index contributed by atoms with van der Waals surface area (Å²) in [4.78, 5) is 2.01. The summed E-state index contributed by atoms with van der Waals surface area (Å²) >= 11 is 0. The van der Waals surface area contributed by atoms with E-state index in [4.69, 9.17) is 15.3 Å². The second-order valence-electron chi connectivity index (χ2n) is 5.31. The molecule has 4 nitrogen and oxygen atoms in total. The molecule has 0 saturated heterocycles. The average Bonchev–Trinajstić information content (AvgIpc) is 2.54. The molecule has 0 fully saturated rings. The van der Waals surface area contributed by atoms with E-state index in [1.165, 1.54) is 0 Å². The third-order valence-electron chi connectivity index (χ3n) is 3.19. The number of hydrogen-bond donors (Lipinski definition) is 0. The molecule has 0 atom stereocenters. The van der Waals surface area contributed by atoms with Crippen LogP contribution in [0.1, 0.15) is 13.8 Å². The molecular weight excluding hydrogens is 298 g/mol. The fourth-order valence-electron chi connectivity index (χ4n) is 1.98. The van der Waals surface area contributed by atoms with Crippen LogP contribution in [0.4, 0.5) is 0 Å². The van der Waals surface area contributed by atoms with Gasteiger partial charge in [-0.05, 0) is 43.7 Å². The first-order valence-corrected chi connectivity index (χ1v) is 7.42. The molecular formula is C20H21N3O. The van der Waals surface area contributed by atoms with E-state index in [1.807, 2.05) is 62.4 Å². The number of nitrogens with zero attached hydrogens (tertiary/aromatic N) is 3. The van der Waals surface area contributed by atoms with Crippen LogP contribution < -0.4 is 0 Å². The molecule has 1 heterocycles. The lowest BCUT2D eigenvalue weighted by molar-refractivity contribution is 0.317. The van der Waals surface area contributed by atoms with Crippen molar-refractivity contribution < 1.29 is 4.74 Å². The molecule has 4 heteroatoms. The monoisotopic (exact) mass is 319 g/mol. The average molecular weight is 319 g/mol. The minimum atomic E-state index is 0.0611. The molecule has 0 N–H and O–H groups in total. The summed E-state index contributed by atoms with van der Waals surface area (Å²) in [7, 11) is 3.95. The highest BCUT2D eigenvalue weighted by atomic mass is 16.5. The van der Waals surface area contributed by atoms with Crippen LogP contribution in [-0.2, 0) is 4.74 Å². The molecule has 0 aromatic rings. The maximum Gasteiger partial charge on any atom is 0.137 e. The van der Waals surface area contributed by atoms with Gasteiger partial charge in [-0.2, -0.15) is 10.5 Å². The van der Waals surface area contributed by atoms with Gasteiger partial charge in [-0.25, -0.2) is 0 Å². The van der Waals surface area contributed by atoms with Gasteiger partial charge < -0.3 is 9.64 Å². The van der Waals surface area contributed by atoms with Crippen LogP contribution in [0.3, 0.4) is 0 Å². The highest BCUT2D eigenvalue weighted by Gasteiger charge is 2.10. The zero-order valence-corrected chi connectivity index (χ0v) is 14.5. The largest absolute Gasteiger partial charge is 0.462 e. The Morgan fingerprint density at radius 3 is 2.38 bits per heavy atom. The Hall–Kier alpha value is -3.24. The van der Waals surface area contributed by atoms with Gasteiger partial charge in [0, 0.05) is 25.4 Å². The molecule has 0 amide bonds. The fourth-order valence-corrected chi connectivity index (χ4v) is 1.98. The van der Waals surface area contributed by atoms with Gasteiger partial charge in [0.25, 0.3) is 0 Å². The third kappa shape index (κ3) is 5.51. The van der Waals surface area contributed by atoms with Gasteiger partial charge in [0.2, 0.25) is 0 Å². The topological polar surface area (TPSA) is 60.0 Å². The minimum Gasteiger partial charge on any atom is -0.462 e. The SMILES string of the molecule is C=C(/C=C\C(=C/C)N(C)C)/C=C/C1=CC(=C(C#N)C#N)C=C(C)O1. The number of nitriles is 2. The third-order valence-corrected chi connectivity index (χ3v) is 3.19. The number of rotatable bonds is 5. The molecule has 0 aromatic carbocycles. The van der Waals surface area contributed by atoms with Gasteiger partial charge in [0.15, 0.2) is 0 Å². The second-order valence-corrected chi connectivity index (χ2v) is 5.31. The smallest absolute Gasteiger partial charge is 0.137 e. The molecule has 0 spiro atoms. The van der Waals surface area contributed by atoms with Crippen molar-refractivity contribution in [2.24, 2.45) is 0 Å². The Kier molecular flexibility index (Phi) is 7.07. The van der Waals surface area contributed by atoms with Gasteiger partial charge >= 0.3 is 0 Å². The Morgan fingerprint density at radius 2 is 1.83 bits per heavy atom. The van der Waals surface area contributed by atoms with Gasteiger partial charge in [-0.1, -0.05) is 24.8 Å². The highest BCUT2D eigenvalue weighted by Crippen LogP contribution is 2.22. The molecule has 0 aliphatic carbocycles. The lowest BCUT2D eigenvalue weighted by Gasteiger charge is -2.13. The number of likely N-dealkylation sites (N-methyl/N-ethyl adjacent to an activating group) is 1. The quantitative estimate of drug-likeness (QED) is 0.560. The molecule has 0 radical (unpaired) electrons. The van der Waals surface area contributed by atoms with Gasteiger partial charge in [0.1, 0.15) is 29.2 Å². The van der Waals surface area contributed by atoms with E-state index in [-0.39, 0.29) is 5.57 Å². The molecule has 0 saturated carbocycles. The zero-order chi connectivity index (χ0) is 18.1. The van der Waals surface area contributed by atoms with Crippen molar-refractivity contribution in [3.05, 3.63) is 83.0 Å². The first kappa shape index (κ1) is 18.8. The van der Waals surface area contributed by atoms with Crippen LogP contribution >= 0.6 is 0 Å². The molecule has 122 valence electrons. The lowest BCUT2D eigenvalue weighted by atomic mass is 10.1. The van der Waals surface area contributed by atoms with Gasteiger partial charge in [-0.15, -0.1) is 0 Å². The van der Waals surface area contributed by atoms with Crippen molar-refractivity contribution in [3.63, 3.8) is 0 Å². The van der Waals surface area contributed by atoms with E-state index in [1.54, 1.807) is 25.2 Å². The Morgan fingerprint density at radius 1 is 1.17 bits per heavy atom. The molecule has 0 unspecified atom stereocenters. The predicted octanol–water partition coefficient (Wildman–Crippen LogP) is 4.28. The molecule has 0 bridgehead atoms.